The normalized spacial score (nSPS) is 12.9. The molecular formula is C17H25ClF2O. The summed E-state index contributed by atoms with van der Waals surface area (Å²) in [5, 5.41) is -0.182. The van der Waals surface area contributed by atoms with Gasteiger partial charge < -0.3 is 4.74 Å². The largest absolute Gasteiger partial charge is 0.375 e. The van der Waals surface area contributed by atoms with E-state index in [4.69, 9.17) is 16.3 Å². The molecule has 0 amide bonds. The molecule has 1 rings (SSSR count). The first-order valence-corrected chi connectivity index (χ1v) is 8.11. The van der Waals surface area contributed by atoms with E-state index in [9.17, 15) is 8.78 Å². The summed E-state index contributed by atoms with van der Waals surface area (Å²) in [6.45, 7) is 6.13. The molecule has 0 bridgehead atoms. The average molecular weight is 319 g/mol. The monoisotopic (exact) mass is 318 g/mol. The van der Waals surface area contributed by atoms with Gasteiger partial charge in [-0.2, -0.15) is 0 Å². The van der Waals surface area contributed by atoms with Gasteiger partial charge in [-0.25, -0.2) is 8.78 Å². The van der Waals surface area contributed by atoms with Crippen LogP contribution in [0.2, 0.25) is 0 Å². The summed E-state index contributed by atoms with van der Waals surface area (Å²) >= 11 is 6.52. The standard InChI is InChI=1S/C17H25ClF2O/c1-4-12-9-13(5-2)17(14(6-3)10-12)15(18)7-8-21-11-16(19)20/h9-10,15-16H,4-8,11H2,1-3H3. The second kappa shape index (κ2) is 9.37. The molecule has 1 nitrogen and oxygen atoms in total. The van der Waals surface area contributed by atoms with E-state index < -0.39 is 13.0 Å². The third kappa shape index (κ3) is 5.55. The number of ether oxygens (including phenoxy) is 1. The Hall–Kier alpha value is -0.670. The molecule has 1 unspecified atom stereocenters. The molecule has 0 fully saturated rings. The van der Waals surface area contributed by atoms with E-state index in [1.807, 2.05) is 0 Å². The van der Waals surface area contributed by atoms with Gasteiger partial charge in [-0.1, -0.05) is 32.9 Å². The van der Waals surface area contributed by atoms with Crippen molar-refractivity contribution in [1.29, 1.82) is 0 Å². The summed E-state index contributed by atoms with van der Waals surface area (Å²) in [4.78, 5) is 0. The zero-order chi connectivity index (χ0) is 15.8. The molecule has 4 heteroatoms. The van der Waals surface area contributed by atoms with E-state index in [0.29, 0.717) is 6.42 Å². The van der Waals surface area contributed by atoms with E-state index in [1.165, 1.54) is 22.3 Å². The maximum atomic E-state index is 12.0. The summed E-state index contributed by atoms with van der Waals surface area (Å²) in [6.07, 6.45) is 0.999. The lowest BCUT2D eigenvalue weighted by atomic mass is 9.91. The Morgan fingerprint density at radius 1 is 1.05 bits per heavy atom. The van der Waals surface area contributed by atoms with Gasteiger partial charge in [-0.05, 0) is 47.9 Å². The smallest absolute Gasteiger partial charge is 0.261 e. The van der Waals surface area contributed by atoms with Gasteiger partial charge in [0.2, 0.25) is 0 Å². The Bertz CT molecular complexity index is 410. The van der Waals surface area contributed by atoms with E-state index in [2.05, 4.69) is 32.9 Å². The lowest BCUT2D eigenvalue weighted by Gasteiger charge is -2.20. The maximum absolute atomic E-state index is 12.0. The minimum Gasteiger partial charge on any atom is -0.375 e. The van der Waals surface area contributed by atoms with E-state index in [0.717, 1.165) is 19.3 Å². The Kier molecular flexibility index (Phi) is 8.20. The molecular weight excluding hydrogens is 294 g/mol. The summed E-state index contributed by atoms with van der Waals surface area (Å²) < 4.78 is 29.0. The molecule has 0 aliphatic rings. The molecule has 0 aliphatic carbocycles. The van der Waals surface area contributed by atoms with Crippen LogP contribution in [0.1, 0.15) is 54.8 Å². The van der Waals surface area contributed by atoms with Crippen LogP contribution in [0.5, 0.6) is 0 Å². The van der Waals surface area contributed by atoms with Crippen LogP contribution in [0.25, 0.3) is 0 Å². The minimum atomic E-state index is -2.42. The number of alkyl halides is 3. The second-order valence-corrected chi connectivity index (χ2v) is 5.64. The minimum absolute atomic E-state index is 0.182. The Morgan fingerprint density at radius 2 is 1.62 bits per heavy atom. The third-order valence-corrected chi connectivity index (χ3v) is 4.09. The van der Waals surface area contributed by atoms with Gasteiger partial charge in [0.15, 0.2) is 0 Å². The summed E-state index contributed by atoms with van der Waals surface area (Å²) in [7, 11) is 0. The van der Waals surface area contributed by atoms with E-state index in [-0.39, 0.29) is 12.0 Å². The lowest BCUT2D eigenvalue weighted by Crippen LogP contribution is -2.09. The van der Waals surface area contributed by atoms with Gasteiger partial charge in [0.1, 0.15) is 6.61 Å². The molecule has 0 saturated carbocycles. The van der Waals surface area contributed by atoms with Crippen molar-refractivity contribution in [3.05, 3.63) is 34.4 Å². The molecule has 0 spiro atoms. The summed E-state index contributed by atoms with van der Waals surface area (Å²) in [6, 6.07) is 4.42. The summed E-state index contributed by atoms with van der Waals surface area (Å²) in [5.74, 6) is 0. The lowest BCUT2D eigenvalue weighted by molar-refractivity contribution is 0.0165. The van der Waals surface area contributed by atoms with Crippen LogP contribution in [0.4, 0.5) is 8.78 Å². The predicted octanol–water partition coefficient (Wildman–Crippen LogP) is 5.33. The Labute approximate surface area is 131 Å². The number of halogens is 3. The molecule has 21 heavy (non-hydrogen) atoms. The van der Waals surface area contributed by atoms with Gasteiger partial charge in [0, 0.05) is 6.61 Å². The van der Waals surface area contributed by atoms with Gasteiger partial charge in [0.25, 0.3) is 6.43 Å². The quantitative estimate of drug-likeness (QED) is 0.442. The molecule has 0 saturated heterocycles. The fourth-order valence-corrected chi connectivity index (χ4v) is 2.92. The Balaban J connectivity index is 2.83. The molecule has 1 aromatic carbocycles. The molecule has 0 N–H and O–H groups in total. The SMILES string of the molecule is CCc1cc(CC)c(C(Cl)CCOCC(F)F)c(CC)c1. The fraction of sp³-hybridized carbons (Fsp3) is 0.647. The highest BCUT2D eigenvalue weighted by Crippen LogP contribution is 2.32. The molecule has 0 aliphatic heterocycles. The number of rotatable bonds is 9. The highest BCUT2D eigenvalue weighted by molar-refractivity contribution is 6.21. The van der Waals surface area contributed by atoms with Crippen molar-refractivity contribution in [2.75, 3.05) is 13.2 Å². The van der Waals surface area contributed by atoms with Gasteiger partial charge >= 0.3 is 0 Å². The molecule has 1 aromatic rings. The van der Waals surface area contributed by atoms with Crippen LogP contribution >= 0.6 is 11.6 Å². The number of hydrogen-bond acceptors (Lipinski definition) is 1. The third-order valence-electron chi connectivity index (χ3n) is 3.65. The first kappa shape index (κ1) is 18.4. The van der Waals surface area contributed by atoms with Crippen molar-refractivity contribution in [3.63, 3.8) is 0 Å². The topological polar surface area (TPSA) is 9.23 Å². The first-order chi connectivity index (χ1) is 10.0. The highest BCUT2D eigenvalue weighted by Gasteiger charge is 2.17. The average Bonchev–Trinajstić information content (AvgIpc) is 2.49. The zero-order valence-electron chi connectivity index (χ0n) is 13.1. The molecule has 1 atom stereocenters. The van der Waals surface area contributed by atoms with Crippen molar-refractivity contribution in [3.8, 4) is 0 Å². The predicted molar refractivity (Wildman–Crippen MR) is 84.6 cm³/mol. The van der Waals surface area contributed by atoms with Crippen molar-refractivity contribution in [2.24, 2.45) is 0 Å². The van der Waals surface area contributed by atoms with Crippen molar-refractivity contribution < 1.29 is 13.5 Å². The second-order valence-electron chi connectivity index (χ2n) is 5.11. The van der Waals surface area contributed by atoms with Crippen molar-refractivity contribution in [2.45, 2.75) is 58.3 Å². The van der Waals surface area contributed by atoms with Crippen LogP contribution in [0.15, 0.2) is 12.1 Å². The first-order valence-electron chi connectivity index (χ1n) is 7.67. The molecule has 0 aromatic heterocycles. The zero-order valence-corrected chi connectivity index (χ0v) is 13.9. The van der Waals surface area contributed by atoms with Crippen molar-refractivity contribution >= 4 is 11.6 Å². The number of benzene rings is 1. The van der Waals surface area contributed by atoms with Crippen LogP contribution < -0.4 is 0 Å². The Morgan fingerprint density at radius 3 is 2.05 bits per heavy atom. The summed E-state index contributed by atoms with van der Waals surface area (Å²) in [5.41, 5.74) is 5.02. The van der Waals surface area contributed by atoms with Crippen LogP contribution in [-0.4, -0.2) is 19.6 Å². The molecule has 0 radical (unpaired) electrons. The van der Waals surface area contributed by atoms with Crippen molar-refractivity contribution in [1.82, 2.24) is 0 Å². The number of hydrogen-bond donors (Lipinski definition) is 0. The van der Waals surface area contributed by atoms with Crippen LogP contribution in [-0.2, 0) is 24.0 Å². The van der Waals surface area contributed by atoms with Crippen LogP contribution in [0.3, 0.4) is 0 Å². The fourth-order valence-electron chi connectivity index (χ4n) is 2.55. The van der Waals surface area contributed by atoms with E-state index >= 15 is 0 Å². The molecule has 120 valence electrons. The van der Waals surface area contributed by atoms with E-state index in [1.54, 1.807) is 0 Å². The van der Waals surface area contributed by atoms with Crippen LogP contribution in [0, 0.1) is 0 Å². The maximum Gasteiger partial charge on any atom is 0.261 e. The highest BCUT2D eigenvalue weighted by atomic mass is 35.5. The van der Waals surface area contributed by atoms with Gasteiger partial charge in [-0.3, -0.25) is 0 Å². The van der Waals surface area contributed by atoms with Gasteiger partial charge in [0.05, 0.1) is 5.38 Å². The number of aryl methyl sites for hydroxylation is 3. The molecule has 0 heterocycles. The van der Waals surface area contributed by atoms with Gasteiger partial charge in [-0.15, -0.1) is 11.6 Å².